The van der Waals surface area contributed by atoms with Crippen LogP contribution in [-0.2, 0) is 9.47 Å². The summed E-state index contributed by atoms with van der Waals surface area (Å²) in [5.41, 5.74) is 4.11. The number of nitrogens with two attached hydrogens (primary N) is 1. The van der Waals surface area contributed by atoms with E-state index in [-0.39, 0.29) is 12.6 Å². The summed E-state index contributed by atoms with van der Waals surface area (Å²) in [6.45, 7) is 0.139. The predicted octanol–water partition coefficient (Wildman–Crippen LogP) is 0.850. The molecule has 4 rings (SSSR count). The van der Waals surface area contributed by atoms with Crippen LogP contribution in [0.5, 0.6) is 11.5 Å². The van der Waals surface area contributed by atoms with Gasteiger partial charge in [0.2, 0.25) is 6.79 Å². The molecule has 0 unspecified atom stereocenters. The van der Waals surface area contributed by atoms with Gasteiger partial charge in [-0.2, -0.15) is 10.5 Å². The maximum atomic E-state index is 9.96. The van der Waals surface area contributed by atoms with Crippen molar-refractivity contribution in [3.8, 4) is 23.6 Å². The maximum Gasteiger partial charge on any atom is 0.292 e. The second-order valence-electron chi connectivity index (χ2n) is 5.87. The third-order valence-corrected chi connectivity index (χ3v) is 5.21. The van der Waals surface area contributed by atoms with Gasteiger partial charge in [-0.15, -0.1) is 0 Å². The van der Waals surface area contributed by atoms with Gasteiger partial charge < -0.3 is 24.7 Å². The highest BCUT2D eigenvalue weighted by Crippen LogP contribution is 2.82. The number of amidine groups is 1. The summed E-state index contributed by atoms with van der Waals surface area (Å²) in [5.74, 6) is -0.949. The van der Waals surface area contributed by atoms with Crippen LogP contribution in [0, 0.1) is 33.5 Å². The Morgan fingerprint density at radius 1 is 1.21 bits per heavy atom. The van der Waals surface area contributed by atoms with Crippen LogP contribution in [0.3, 0.4) is 0 Å². The van der Waals surface area contributed by atoms with Gasteiger partial charge in [0.05, 0.1) is 12.1 Å². The number of benzene rings is 1. The minimum Gasteiger partial charge on any atom is -0.454 e. The molecule has 3 aliphatic rings. The summed E-state index contributed by atoms with van der Waals surface area (Å²) < 4.78 is 21.5. The van der Waals surface area contributed by atoms with Gasteiger partial charge in [0, 0.05) is 20.1 Å². The molecule has 0 aromatic heterocycles. The number of rotatable bonds is 3. The van der Waals surface area contributed by atoms with Crippen LogP contribution in [0.15, 0.2) is 23.2 Å². The van der Waals surface area contributed by atoms with Gasteiger partial charge in [-0.25, -0.2) is 4.99 Å². The zero-order chi connectivity index (χ0) is 17.2. The van der Waals surface area contributed by atoms with E-state index in [1.807, 2.05) is 0 Å². The summed E-state index contributed by atoms with van der Waals surface area (Å²) in [7, 11) is 2.75. The van der Waals surface area contributed by atoms with E-state index in [0.29, 0.717) is 11.5 Å². The third-order valence-electron chi connectivity index (χ3n) is 5.21. The average Bonchev–Trinajstić information content (AvgIpc) is 2.87. The third kappa shape index (κ3) is 1.25. The molecule has 1 fully saturated rings. The normalized spacial score (nSPS) is 34.0. The summed E-state index contributed by atoms with van der Waals surface area (Å²) in [5, 5.41) is 19.8. The molecule has 0 radical (unpaired) electrons. The first kappa shape index (κ1) is 14.8. The lowest BCUT2D eigenvalue weighted by Gasteiger charge is -2.29. The molecule has 8 nitrogen and oxygen atoms in total. The van der Waals surface area contributed by atoms with Crippen molar-refractivity contribution in [3.05, 3.63) is 23.8 Å². The second kappa shape index (κ2) is 4.38. The van der Waals surface area contributed by atoms with Crippen molar-refractivity contribution in [3.63, 3.8) is 0 Å². The van der Waals surface area contributed by atoms with Crippen molar-refractivity contribution in [1.82, 2.24) is 0 Å². The van der Waals surface area contributed by atoms with Crippen molar-refractivity contribution in [2.75, 3.05) is 21.0 Å². The van der Waals surface area contributed by atoms with Gasteiger partial charge in [-0.05, 0) is 17.7 Å². The van der Waals surface area contributed by atoms with E-state index in [1.165, 1.54) is 14.2 Å². The SMILES string of the molecule is COC1(OC)N=C(N)[C@@]2(C#N)[C@@H](c3ccc4c(c3)OCO4)[C@]12C#N. The van der Waals surface area contributed by atoms with Crippen LogP contribution in [0.4, 0.5) is 0 Å². The first-order valence-electron chi connectivity index (χ1n) is 7.25. The second-order valence-corrected chi connectivity index (χ2v) is 5.87. The van der Waals surface area contributed by atoms with Crippen LogP contribution in [0.2, 0.25) is 0 Å². The molecule has 2 aliphatic heterocycles. The first-order valence-corrected chi connectivity index (χ1v) is 7.25. The highest BCUT2D eigenvalue weighted by atomic mass is 16.7. The Hall–Kier alpha value is -2.81. The molecule has 0 saturated heterocycles. The number of hydrogen-bond acceptors (Lipinski definition) is 8. The number of nitrogens with zero attached hydrogens (tertiary/aromatic N) is 3. The Morgan fingerprint density at radius 2 is 1.92 bits per heavy atom. The first-order chi connectivity index (χ1) is 11.6. The molecule has 0 bridgehead atoms. The van der Waals surface area contributed by atoms with E-state index < -0.39 is 22.7 Å². The minimum atomic E-state index is -1.62. The molecule has 0 amide bonds. The molecular weight excluding hydrogens is 312 g/mol. The lowest BCUT2D eigenvalue weighted by atomic mass is 9.93. The predicted molar refractivity (Wildman–Crippen MR) is 79.8 cm³/mol. The maximum absolute atomic E-state index is 9.96. The Balaban J connectivity index is 1.91. The number of aliphatic imine (C=N–C) groups is 1. The Bertz CT molecular complexity index is 851. The van der Waals surface area contributed by atoms with E-state index in [2.05, 4.69) is 17.1 Å². The van der Waals surface area contributed by atoms with E-state index in [4.69, 9.17) is 24.7 Å². The smallest absolute Gasteiger partial charge is 0.292 e. The molecular formula is C16H14N4O4. The molecule has 1 aliphatic carbocycles. The van der Waals surface area contributed by atoms with Gasteiger partial charge in [0.15, 0.2) is 16.9 Å². The standard InChI is InChI=1S/C16H14N4O4/c1-21-16(22-2)15(7-18)12(14(15,6-17)13(19)20-16)9-3-4-10-11(5-9)24-8-23-10/h3-5,12H,8H2,1-2H3,(H2,19,20)/t12-,14-,15+/m1/s1. The van der Waals surface area contributed by atoms with Gasteiger partial charge >= 0.3 is 0 Å². The van der Waals surface area contributed by atoms with Crippen LogP contribution in [0.25, 0.3) is 0 Å². The molecule has 24 heavy (non-hydrogen) atoms. The molecule has 1 aromatic carbocycles. The zero-order valence-corrected chi connectivity index (χ0v) is 13.1. The van der Waals surface area contributed by atoms with Crippen LogP contribution < -0.4 is 15.2 Å². The van der Waals surface area contributed by atoms with Crippen molar-refractivity contribution in [1.29, 1.82) is 10.5 Å². The van der Waals surface area contributed by atoms with E-state index in [1.54, 1.807) is 18.2 Å². The Morgan fingerprint density at radius 3 is 2.54 bits per heavy atom. The molecule has 0 spiro atoms. The zero-order valence-electron chi connectivity index (χ0n) is 13.1. The molecule has 2 heterocycles. The molecule has 2 N–H and O–H groups in total. The molecule has 8 heteroatoms. The highest BCUT2D eigenvalue weighted by molar-refractivity contribution is 6.00. The lowest BCUT2D eigenvalue weighted by molar-refractivity contribution is -0.230. The highest BCUT2D eigenvalue weighted by Gasteiger charge is 2.93. The summed E-state index contributed by atoms with van der Waals surface area (Å²) >= 11 is 0. The average molecular weight is 326 g/mol. The monoisotopic (exact) mass is 326 g/mol. The van der Waals surface area contributed by atoms with Gasteiger partial charge in [-0.3, -0.25) is 0 Å². The summed E-state index contributed by atoms with van der Waals surface area (Å²) in [6.07, 6.45) is 0. The van der Waals surface area contributed by atoms with Gasteiger partial charge in [0.1, 0.15) is 11.3 Å². The fraction of sp³-hybridized carbons (Fsp3) is 0.438. The van der Waals surface area contributed by atoms with E-state index >= 15 is 0 Å². The summed E-state index contributed by atoms with van der Waals surface area (Å²) in [6, 6.07) is 9.68. The minimum absolute atomic E-state index is 0.0397. The molecule has 1 aromatic rings. The number of nitriles is 2. The fourth-order valence-corrected chi connectivity index (χ4v) is 4.11. The van der Waals surface area contributed by atoms with Crippen LogP contribution in [-0.4, -0.2) is 32.8 Å². The van der Waals surface area contributed by atoms with E-state index in [9.17, 15) is 10.5 Å². The lowest BCUT2D eigenvalue weighted by Crippen LogP contribution is -2.41. The molecule has 3 atom stereocenters. The fourth-order valence-electron chi connectivity index (χ4n) is 4.11. The quantitative estimate of drug-likeness (QED) is 0.817. The van der Waals surface area contributed by atoms with E-state index in [0.717, 1.165) is 5.56 Å². The Kier molecular flexibility index (Phi) is 2.70. The molecule has 122 valence electrons. The molecule has 1 saturated carbocycles. The summed E-state index contributed by atoms with van der Waals surface area (Å²) in [4.78, 5) is 4.17. The van der Waals surface area contributed by atoms with Crippen LogP contribution in [0.1, 0.15) is 11.5 Å². The van der Waals surface area contributed by atoms with Crippen molar-refractivity contribution in [2.45, 2.75) is 11.8 Å². The van der Waals surface area contributed by atoms with Crippen LogP contribution >= 0.6 is 0 Å². The van der Waals surface area contributed by atoms with Gasteiger partial charge in [-0.1, -0.05) is 6.07 Å². The number of hydrogen-bond donors (Lipinski definition) is 1. The van der Waals surface area contributed by atoms with Crippen molar-refractivity contribution < 1.29 is 18.9 Å². The number of ether oxygens (including phenoxy) is 4. The Labute approximate surface area is 138 Å². The number of methoxy groups -OCH3 is 2. The van der Waals surface area contributed by atoms with Gasteiger partial charge in [0.25, 0.3) is 5.91 Å². The largest absolute Gasteiger partial charge is 0.454 e. The van der Waals surface area contributed by atoms with Crippen molar-refractivity contribution in [2.24, 2.45) is 21.6 Å². The topological polar surface area (TPSA) is 123 Å². The van der Waals surface area contributed by atoms with Crippen molar-refractivity contribution >= 4 is 5.84 Å². The number of fused-ring (bicyclic) bond motifs is 2.